The van der Waals surface area contributed by atoms with Gasteiger partial charge in [-0.25, -0.2) is 4.79 Å². The Balaban J connectivity index is 1.49. The van der Waals surface area contributed by atoms with Gasteiger partial charge in [0, 0.05) is 41.6 Å². The van der Waals surface area contributed by atoms with Crippen LogP contribution in [0.1, 0.15) is 39.5 Å². The van der Waals surface area contributed by atoms with Crippen LogP contribution in [0.2, 0.25) is 0 Å². The number of hydrogen-bond donors (Lipinski definition) is 2. The Morgan fingerprint density at radius 2 is 1.84 bits per heavy atom. The molecule has 1 atom stereocenters. The highest BCUT2D eigenvalue weighted by atomic mass is 16.5. The van der Waals surface area contributed by atoms with Crippen LogP contribution in [-0.2, 0) is 20.7 Å². The third-order valence-electron chi connectivity index (χ3n) is 6.64. The number of ketones is 1. The summed E-state index contributed by atoms with van der Waals surface area (Å²) in [5.41, 5.74) is 3.45. The highest BCUT2D eigenvalue weighted by molar-refractivity contribution is 6.46. The van der Waals surface area contributed by atoms with Crippen molar-refractivity contribution in [3.63, 3.8) is 0 Å². The van der Waals surface area contributed by atoms with Gasteiger partial charge in [-0.1, -0.05) is 30.3 Å². The number of carbonyl (C=O) groups excluding carboxylic acids is 3. The van der Waals surface area contributed by atoms with Crippen LogP contribution < -0.4 is 0 Å². The van der Waals surface area contributed by atoms with E-state index in [0.717, 1.165) is 16.5 Å². The number of likely N-dealkylation sites (tertiary alicyclic amines) is 1. The number of fused-ring (bicyclic) bond motifs is 1. The molecule has 8 nitrogen and oxygen atoms in total. The summed E-state index contributed by atoms with van der Waals surface area (Å²) >= 11 is 0. The molecule has 1 aliphatic heterocycles. The third-order valence-corrected chi connectivity index (χ3v) is 6.64. The second-order valence-corrected chi connectivity index (χ2v) is 8.81. The molecule has 0 saturated carbocycles. The van der Waals surface area contributed by atoms with Gasteiger partial charge >= 0.3 is 5.97 Å². The number of pyridine rings is 1. The predicted octanol–water partition coefficient (Wildman–Crippen LogP) is 4.40. The van der Waals surface area contributed by atoms with E-state index in [1.165, 1.54) is 18.2 Å². The molecule has 8 heteroatoms. The van der Waals surface area contributed by atoms with Crippen molar-refractivity contribution in [3.05, 3.63) is 107 Å². The molecule has 0 aliphatic carbocycles. The number of ether oxygens (including phenoxy) is 1. The van der Waals surface area contributed by atoms with E-state index in [0.29, 0.717) is 36.1 Å². The van der Waals surface area contributed by atoms with Crippen molar-refractivity contribution in [1.82, 2.24) is 14.9 Å². The summed E-state index contributed by atoms with van der Waals surface area (Å²) in [5.74, 6) is -2.20. The first kappa shape index (κ1) is 24.0. The second kappa shape index (κ2) is 10.1. The van der Waals surface area contributed by atoms with Gasteiger partial charge in [-0.05, 0) is 54.3 Å². The van der Waals surface area contributed by atoms with Crippen LogP contribution in [-0.4, -0.2) is 51.3 Å². The first-order valence-corrected chi connectivity index (χ1v) is 11.9. The van der Waals surface area contributed by atoms with Gasteiger partial charge in [0.15, 0.2) is 0 Å². The monoisotopic (exact) mass is 495 g/mol. The van der Waals surface area contributed by atoms with E-state index in [2.05, 4.69) is 9.97 Å². The minimum atomic E-state index is -0.810. The molecule has 2 aromatic carbocycles. The fourth-order valence-corrected chi connectivity index (χ4v) is 4.81. The molecule has 1 unspecified atom stereocenters. The lowest BCUT2D eigenvalue weighted by Crippen LogP contribution is -2.31. The Hall–Kier alpha value is -4.72. The van der Waals surface area contributed by atoms with Crippen molar-refractivity contribution < 1.29 is 24.2 Å². The van der Waals surface area contributed by atoms with Crippen LogP contribution in [0, 0.1) is 0 Å². The minimum absolute atomic E-state index is 0.00378. The molecule has 186 valence electrons. The van der Waals surface area contributed by atoms with Gasteiger partial charge in [-0.15, -0.1) is 0 Å². The molecule has 0 bridgehead atoms. The summed E-state index contributed by atoms with van der Waals surface area (Å²) in [7, 11) is 1.30. The summed E-state index contributed by atoms with van der Waals surface area (Å²) < 4.78 is 4.78. The van der Waals surface area contributed by atoms with Crippen LogP contribution in [0.25, 0.3) is 16.7 Å². The van der Waals surface area contributed by atoms with Crippen molar-refractivity contribution >= 4 is 34.3 Å². The molecule has 1 fully saturated rings. The molecular weight excluding hydrogens is 470 g/mol. The predicted molar refractivity (Wildman–Crippen MR) is 138 cm³/mol. The van der Waals surface area contributed by atoms with Crippen molar-refractivity contribution in [3.8, 4) is 0 Å². The minimum Gasteiger partial charge on any atom is -0.507 e. The Labute approximate surface area is 213 Å². The summed E-state index contributed by atoms with van der Waals surface area (Å²) in [6.45, 7) is 0.303. The van der Waals surface area contributed by atoms with Crippen LogP contribution in [0.4, 0.5) is 0 Å². The smallest absolute Gasteiger partial charge is 0.337 e. The number of Topliss-reactive ketones (excluding diaryl/α,β-unsaturated/α-hetero) is 1. The number of para-hydroxylation sites is 1. The average molecular weight is 496 g/mol. The Kier molecular flexibility index (Phi) is 6.55. The number of rotatable bonds is 7. The molecule has 2 aromatic heterocycles. The van der Waals surface area contributed by atoms with Gasteiger partial charge in [0.1, 0.15) is 5.76 Å². The standard InChI is InChI=1S/C29H25N3O5/c1-37-29(36)19-12-10-18(11-13-19)25-24(26(33)21-6-4-14-30-16-21)27(34)28(35)32(25)15-5-7-20-17-31-23-9-3-2-8-22(20)23/h2-4,6,8-14,16-17,25,31,33H,5,7,15H2,1H3. The lowest BCUT2D eigenvalue weighted by Gasteiger charge is -2.25. The number of aromatic nitrogens is 2. The number of aryl methyl sites for hydroxylation is 1. The first-order valence-electron chi connectivity index (χ1n) is 11.9. The lowest BCUT2D eigenvalue weighted by atomic mass is 9.95. The van der Waals surface area contributed by atoms with Crippen LogP contribution in [0.3, 0.4) is 0 Å². The van der Waals surface area contributed by atoms with E-state index in [-0.39, 0.29) is 11.3 Å². The quantitative estimate of drug-likeness (QED) is 0.170. The van der Waals surface area contributed by atoms with Crippen molar-refractivity contribution in [1.29, 1.82) is 0 Å². The van der Waals surface area contributed by atoms with Gasteiger partial charge in [-0.2, -0.15) is 0 Å². The zero-order valence-corrected chi connectivity index (χ0v) is 20.2. The van der Waals surface area contributed by atoms with Gasteiger partial charge in [0.25, 0.3) is 11.7 Å². The van der Waals surface area contributed by atoms with E-state index >= 15 is 0 Å². The van der Waals surface area contributed by atoms with Crippen molar-refractivity contribution in [2.75, 3.05) is 13.7 Å². The number of H-pyrrole nitrogens is 1. The number of nitrogens with one attached hydrogen (secondary N) is 1. The highest BCUT2D eigenvalue weighted by Gasteiger charge is 2.45. The maximum atomic E-state index is 13.2. The maximum absolute atomic E-state index is 13.2. The number of benzene rings is 2. The van der Waals surface area contributed by atoms with Gasteiger partial charge in [0.05, 0.1) is 24.3 Å². The Morgan fingerprint density at radius 3 is 2.57 bits per heavy atom. The molecule has 4 aromatic rings. The largest absolute Gasteiger partial charge is 0.507 e. The molecule has 37 heavy (non-hydrogen) atoms. The molecule has 0 radical (unpaired) electrons. The molecule has 2 N–H and O–H groups in total. The SMILES string of the molecule is COC(=O)c1ccc(C2C(=C(O)c3cccnc3)C(=O)C(=O)N2CCCc2c[nH]c3ccccc23)cc1. The van der Waals surface area contributed by atoms with Gasteiger partial charge in [0.2, 0.25) is 0 Å². The van der Waals surface area contributed by atoms with Crippen LogP contribution in [0.5, 0.6) is 0 Å². The number of esters is 1. The summed E-state index contributed by atoms with van der Waals surface area (Å²) in [4.78, 5) is 47.1. The summed E-state index contributed by atoms with van der Waals surface area (Å²) in [5, 5.41) is 12.2. The second-order valence-electron chi connectivity index (χ2n) is 8.81. The van der Waals surface area contributed by atoms with Crippen LogP contribution >= 0.6 is 0 Å². The first-order chi connectivity index (χ1) is 18.0. The third kappa shape index (κ3) is 4.49. The average Bonchev–Trinajstić information content (AvgIpc) is 3.47. The lowest BCUT2D eigenvalue weighted by molar-refractivity contribution is -0.139. The molecule has 3 heterocycles. The number of aliphatic hydroxyl groups is 1. The number of carbonyl (C=O) groups is 3. The number of aliphatic hydroxyl groups excluding tert-OH is 1. The Morgan fingerprint density at radius 1 is 1.05 bits per heavy atom. The number of aromatic amines is 1. The normalized spacial score (nSPS) is 16.9. The number of amides is 1. The van der Waals surface area contributed by atoms with E-state index < -0.39 is 23.7 Å². The van der Waals surface area contributed by atoms with Crippen molar-refractivity contribution in [2.45, 2.75) is 18.9 Å². The molecule has 1 saturated heterocycles. The van der Waals surface area contributed by atoms with E-state index in [9.17, 15) is 19.5 Å². The summed E-state index contributed by atoms with van der Waals surface area (Å²) in [6.07, 6.45) is 6.27. The van der Waals surface area contributed by atoms with Gasteiger partial charge in [-0.3, -0.25) is 14.6 Å². The summed E-state index contributed by atoms with van der Waals surface area (Å²) in [6, 6.07) is 17.0. The fourth-order valence-electron chi connectivity index (χ4n) is 4.81. The zero-order chi connectivity index (χ0) is 25.9. The molecule has 1 aliphatic rings. The number of hydrogen-bond acceptors (Lipinski definition) is 6. The number of nitrogens with zero attached hydrogens (tertiary/aromatic N) is 2. The molecule has 0 spiro atoms. The van der Waals surface area contributed by atoms with Crippen molar-refractivity contribution in [2.24, 2.45) is 0 Å². The Bertz CT molecular complexity index is 1510. The number of methoxy groups -OCH3 is 1. The van der Waals surface area contributed by atoms with Gasteiger partial charge < -0.3 is 19.7 Å². The molecule has 5 rings (SSSR count). The van der Waals surface area contributed by atoms with Crippen LogP contribution in [0.15, 0.2) is 84.8 Å². The highest BCUT2D eigenvalue weighted by Crippen LogP contribution is 2.39. The zero-order valence-electron chi connectivity index (χ0n) is 20.2. The topological polar surface area (TPSA) is 113 Å². The maximum Gasteiger partial charge on any atom is 0.337 e. The van der Waals surface area contributed by atoms with E-state index in [4.69, 9.17) is 4.74 Å². The van der Waals surface area contributed by atoms with E-state index in [1.54, 1.807) is 42.6 Å². The molecular formula is C29H25N3O5. The molecule has 1 amide bonds. The van der Waals surface area contributed by atoms with E-state index in [1.807, 2.05) is 30.5 Å². The fraction of sp³-hybridized carbons (Fsp3) is 0.172.